The first-order valence-corrected chi connectivity index (χ1v) is 5.75. The highest BCUT2D eigenvalue weighted by molar-refractivity contribution is 5.53. The average molecular weight is 221 g/mol. The normalized spacial score (nSPS) is 20.9. The highest BCUT2D eigenvalue weighted by atomic mass is 16.5. The van der Waals surface area contributed by atoms with Crippen LogP contribution >= 0.6 is 0 Å². The maximum absolute atomic E-state index is 5.43. The zero-order valence-corrected chi connectivity index (χ0v) is 9.94. The maximum atomic E-state index is 5.43. The van der Waals surface area contributed by atoms with Crippen LogP contribution in [-0.4, -0.2) is 38.3 Å². The fourth-order valence-electron chi connectivity index (χ4n) is 2.12. The fraction of sp³-hybridized carbons (Fsp3) is 0.583. The summed E-state index contributed by atoms with van der Waals surface area (Å²) in [6.45, 7) is 2.08. The third-order valence-electron chi connectivity index (χ3n) is 3.08. The predicted molar refractivity (Wildman–Crippen MR) is 66.0 cm³/mol. The van der Waals surface area contributed by atoms with Crippen molar-refractivity contribution >= 4 is 11.5 Å². The number of nitrogens with one attached hydrogen (secondary N) is 1. The van der Waals surface area contributed by atoms with E-state index in [9.17, 15) is 0 Å². The fourth-order valence-corrected chi connectivity index (χ4v) is 2.12. The van der Waals surface area contributed by atoms with Crippen molar-refractivity contribution < 1.29 is 4.74 Å². The minimum absolute atomic E-state index is 0.361. The Kier molecular flexibility index (Phi) is 3.62. The molecule has 88 valence electrons. The van der Waals surface area contributed by atoms with Crippen LogP contribution in [-0.2, 0) is 4.74 Å². The summed E-state index contributed by atoms with van der Waals surface area (Å²) in [5, 5.41) is 3.06. The summed E-state index contributed by atoms with van der Waals surface area (Å²) >= 11 is 0. The molecule has 1 unspecified atom stereocenters. The van der Waals surface area contributed by atoms with Crippen molar-refractivity contribution in [2.24, 2.45) is 0 Å². The molecular formula is C12H19N3O. The van der Waals surface area contributed by atoms with Crippen LogP contribution in [0.5, 0.6) is 0 Å². The molecule has 1 aliphatic heterocycles. The van der Waals surface area contributed by atoms with Crippen molar-refractivity contribution in [3.05, 3.63) is 18.3 Å². The number of hydrogen-bond donors (Lipinski definition) is 1. The van der Waals surface area contributed by atoms with Gasteiger partial charge in [-0.3, -0.25) is 0 Å². The molecule has 0 saturated carbocycles. The zero-order chi connectivity index (χ0) is 11.4. The lowest BCUT2D eigenvalue weighted by Crippen LogP contribution is -2.39. The van der Waals surface area contributed by atoms with Crippen LogP contribution in [0.2, 0.25) is 0 Å². The summed E-state index contributed by atoms with van der Waals surface area (Å²) in [6, 6.07) is 4.14. The first-order chi connectivity index (χ1) is 7.83. The molecule has 2 rings (SSSR count). The first kappa shape index (κ1) is 11.2. The molecule has 1 aliphatic rings. The molecule has 1 fully saturated rings. The Labute approximate surface area is 96.6 Å². The Bertz CT molecular complexity index is 343. The van der Waals surface area contributed by atoms with Crippen molar-refractivity contribution in [3.63, 3.8) is 0 Å². The highest BCUT2D eigenvalue weighted by Crippen LogP contribution is 2.22. The molecule has 1 atom stereocenters. The molecule has 4 nitrogen and oxygen atoms in total. The van der Waals surface area contributed by atoms with Crippen molar-refractivity contribution in [1.82, 2.24) is 4.98 Å². The van der Waals surface area contributed by atoms with E-state index in [-0.39, 0.29) is 0 Å². The standard InChI is InChI=1S/C12H19N3O/c1-13-12-8-10(5-6-14-12)15-7-3-4-11(9-15)16-2/h5-6,8,11H,3-4,7,9H2,1-2H3,(H,13,14). The number of ether oxygens (including phenoxy) is 1. The SMILES string of the molecule is CNc1cc(N2CCCC(OC)C2)ccn1. The van der Waals surface area contributed by atoms with Crippen LogP contribution in [0.1, 0.15) is 12.8 Å². The topological polar surface area (TPSA) is 37.4 Å². The molecular weight excluding hydrogens is 202 g/mol. The Hall–Kier alpha value is -1.29. The second-order valence-electron chi connectivity index (χ2n) is 4.10. The van der Waals surface area contributed by atoms with E-state index >= 15 is 0 Å². The van der Waals surface area contributed by atoms with Gasteiger partial charge in [0.1, 0.15) is 5.82 Å². The summed E-state index contributed by atoms with van der Waals surface area (Å²) in [7, 11) is 3.68. The second-order valence-corrected chi connectivity index (χ2v) is 4.10. The number of piperidine rings is 1. The van der Waals surface area contributed by atoms with Gasteiger partial charge in [0, 0.05) is 45.2 Å². The van der Waals surface area contributed by atoms with Crippen molar-refractivity contribution in [3.8, 4) is 0 Å². The van der Waals surface area contributed by atoms with E-state index in [0.29, 0.717) is 6.10 Å². The summed E-state index contributed by atoms with van der Waals surface area (Å²) in [5.41, 5.74) is 1.22. The van der Waals surface area contributed by atoms with Gasteiger partial charge in [-0.1, -0.05) is 0 Å². The molecule has 16 heavy (non-hydrogen) atoms. The van der Waals surface area contributed by atoms with E-state index in [1.54, 1.807) is 7.11 Å². The van der Waals surface area contributed by atoms with Gasteiger partial charge in [-0.05, 0) is 18.9 Å². The van der Waals surface area contributed by atoms with E-state index in [4.69, 9.17) is 4.74 Å². The van der Waals surface area contributed by atoms with Crippen molar-refractivity contribution in [2.75, 3.05) is 37.5 Å². The summed E-state index contributed by atoms with van der Waals surface area (Å²) in [5.74, 6) is 0.914. The number of hydrogen-bond acceptors (Lipinski definition) is 4. The molecule has 4 heteroatoms. The van der Waals surface area contributed by atoms with Gasteiger partial charge in [0.15, 0.2) is 0 Å². The second kappa shape index (κ2) is 5.16. The van der Waals surface area contributed by atoms with Gasteiger partial charge in [-0.15, -0.1) is 0 Å². The average Bonchev–Trinajstić information content (AvgIpc) is 2.39. The number of aromatic nitrogens is 1. The lowest BCUT2D eigenvalue weighted by Gasteiger charge is -2.33. The quantitative estimate of drug-likeness (QED) is 0.843. The van der Waals surface area contributed by atoms with E-state index in [1.165, 1.54) is 12.1 Å². The lowest BCUT2D eigenvalue weighted by molar-refractivity contribution is 0.0893. The maximum Gasteiger partial charge on any atom is 0.127 e. The molecule has 0 spiro atoms. The van der Waals surface area contributed by atoms with Crippen LogP contribution in [0, 0.1) is 0 Å². The van der Waals surface area contributed by atoms with Crippen LogP contribution < -0.4 is 10.2 Å². The van der Waals surface area contributed by atoms with Gasteiger partial charge in [0.05, 0.1) is 6.10 Å². The van der Waals surface area contributed by atoms with E-state index < -0.39 is 0 Å². The van der Waals surface area contributed by atoms with Crippen LogP contribution in [0.3, 0.4) is 0 Å². The van der Waals surface area contributed by atoms with Gasteiger partial charge in [0.2, 0.25) is 0 Å². The van der Waals surface area contributed by atoms with E-state index in [1.807, 2.05) is 13.2 Å². The van der Waals surface area contributed by atoms with Crippen LogP contribution in [0.25, 0.3) is 0 Å². The molecule has 2 heterocycles. The third kappa shape index (κ3) is 2.44. The van der Waals surface area contributed by atoms with Crippen molar-refractivity contribution in [2.45, 2.75) is 18.9 Å². The molecule has 0 aromatic carbocycles. The number of methoxy groups -OCH3 is 1. The molecule has 0 amide bonds. The van der Waals surface area contributed by atoms with Crippen LogP contribution in [0.15, 0.2) is 18.3 Å². The zero-order valence-electron chi connectivity index (χ0n) is 9.94. The Morgan fingerprint density at radius 2 is 2.44 bits per heavy atom. The Morgan fingerprint density at radius 3 is 3.19 bits per heavy atom. The third-order valence-corrected chi connectivity index (χ3v) is 3.08. The monoisotopic (exact) mass is 221 g/mol. The minimum Gasteiger partial charge on any atom is -0.380 e. The van der Waals surface area contributed by atoms with Gasteiger partial charge in [-0.2, -0.15) is 0 Å². The van der Waals surface area contributed by atoms with Crippen LogP contribution in [0.4, 0.5) is 11.5 Å². The number of rotatable bonds is 3. The molecule has 0 bridgehead atoms. The molecule has 0 aliphatic carbocycles. The van der Waals surface area contributed by atoms with Gasteiger partial charge in [0.25, 0.3) is 0 Å². The minimum atomic E-state index is 0.361. The molecule has 1 aromatic rings. The molecule has 1 aromatic heterocycles. The number of nitrogens with zero attached hydrogens (tertiary/aromatic N) is 2. The van der Waals surface area contributed by atoms with Gasteiger partial charge < -0.3 is 15.0 Å². The highest BCUT2D eigenvalue weighted by Gasteiger charge is 2.19. The lowest BCUT2D eigenvalue weighted by atomic mass is 10.1. The predicted octanol–water partition coefficient (Wildman–Crippen LogP) is 1.74. The number of anilines is 2. The Balaban J connectivity index is 2.10. The molecule has 1 N–H and O–H groups in total. The summed E-state index contributed by atoms with van der Waals surface area (Å²) < 4.78 is 5.43. The number of pyridine rings is 1. The summed E-state index contributed by atoms with van der Waals surface area (Å²) in [4.78, 5) is 6.58. The van der Waals surface area contributed by atoms with Gasteiger partial charge in [-0.25, -0.2) is 4.98 Å². The molecule has 1 saturated heterocycles. The smallest absolute Gasteiger partial charge is 0.127 e. The molecule has 0 radical (unpaired) electrons. The largest absolute Gasteiger partial charge is 0.380 e. The first-order valence-electron chi connectivity index (χ1n) is 5.75. The van der Waals surface area contributed by atoms with Crippen molar-refractivity contribution in [1.29, 1.82) is 0 Å². The van der Waals surface area contributed by atoms with E-state index in [2.05, 4.69) is 27.3 Å². The Morgan fingerprint density at radius 1 is 1.56 bits per heavy atom. The van der Waals surface area contributed by atoms with E-state index in [0.717, 1.165) is 25.3 Å². The van der Waals surface area contributed by atoms with Gasteiger partial charge >= 0.3 is 0 Å². The summed E-state index contributed by atoms with van der Waals surface area (Å²) in [6.07, 6.45) is 4.56.